The molecule has 6 rings (SSSR count). The number of hydrogen-bond acceptors (Lipinski definition) is 34. The second kappa shape index (κ2) is 54.4. The lowest BCUT2D eigenvalue weighted by atomic mass is 9.84. The molecule has 4 heterocycles. The number of ether oxygens (including phenoxy) is 2. The average molecular weight is 1860 g/mol. The highest BCUT2D eigenvalue weighted by Gasteiger charge is 2.44. The lowest BCUT2D eigenvalue weighted by Crippen LogP contribution is -2.49. The highest BCUT2D eigenvalue weighted by Crippen LogP contribution is 2.39. The summed E-state index contributed by atoms with van der Waals surface area (Å²) in [6, 6.07) is 10.8. The van der Waals surface area contributed by atoms with Gasteiger partial charge in [0.05, 0.1) is 86.7 Å². The van der Waals surface area contributed by atoms with Gasteiger partial charge >= 0.3 is 28.3 Å². The highest BCUT2D eigenvalue weighted by molar-refractivity contribution is 5.94. The fourth-order valence-electron chi connectivity index (χ4n) is 12.3. The molecule has 0 bridgehead atoms. The van der Waals surface area contributed by atoms with Crippen molar-refractivity contribution in [2.24, 2.45) is 131 Å². The normalized spacial score (nSPS) is 19.1. The molecule has 6 atom stereocenters. The first-order valence-electron chi connectivity index (χ1n) is 46.1. The number of nitriles is 5. The Bertz CT molecular complexity index is 4230. The van der Waals surface area contributed by atoms with E-state index in [4.69, 9.17) is 75.5 Å². The number of azo groups is 8. The van der Waals surface area contributed by atoms with E-state index in [1.54, 1.807) is 111 Å². The zero-order valence-electron chi connectivity index (χ0n) is 87.7. The van der Waals surface area contributed by atoms with Crippen LogP contribution in [0.5, 0.6) is 0 Å². The molecule has 2 aliphatic carbocycles. The third-order valence-electron chi connectivity index (χ3n) is 21.9. The van der Waals surface area contributed by atoms with Gasteiger partial charge in [0, 0.05) is 101 Å². The summed E-state index contributed by atoms with van der Waals surface area (Å²) in [7, 11) is 3.20. The molecule has 0 saturated heterocycles. The van der Waals surface area contributed by atoms with Crippen LogP contribution in [0.3, 0.4) is 0 Å². The molecule has 6 unspecified atom stereocenters. The Balaban J connectivity index is 0. The quantitative estimate of drug-likeness (QED) is 0.00976. The predicted molar refractivity (Wildman–Crippen MR) is 531 cm³/mol. The molecule has 0 amide bonds. The van der Waals surface area contributed by atoms with Crippen molar-refractivity contribution in [1.29, 1.82) is 31.7 Å². The van der Waals surface area contributed by atoms with Gasteiger partial charge in [-0.15, -0.1) is 25.6 Å². The van der Waals surface area contributed by atoms with Crippen molar-refractivity contribution >= 4 is 29.2 Å². The van der Waals surface area contributed by atoms with Crippen LogP contribution in [0.15, 0.2) is 102 Å². The van der Waals surface area contributed by atoms with Crippen LogP contribution in [-0.2, 0) is 9.47 Å². The smallest absolute Gasteiger partial charge is 0.340 e. The van der Waals surface area contributed by atoms with Crippen LogP contribution < -0.4 is 38.5 Å². The van der Waals surface area contributed by atoms with E-state index in [2.05, 4.69) is 185 Å². The van der Waals surface area contributed by atoms with Gasteiger partial charge in [0.2, 0.25) is 0 Å². The molecule has 11 N–H and O–H groups in total. The molecule has 742 valence electrons. The summed E-state index contributed by atoms with van der Waals surface area (Å²) in [5.41, 5.74) is 4.02. The first-order valence-corrected chi connectivity index (χ1v) is 46.1. The molecule has 0 aromatic carbocycles. The molecule has 2 saturated carbocycles. The Kier molecular flexibility index (Phi) is 50.8. The fraction of sp³-hybridized carbons (Fsp3) is 0.840. The molecular weight excluding hydrogens is 1690 g/mol. The molecule has 0 aromatic heterocycles. The maximum absolute atomic E-state index is 9.43. The molecular formula is C94H164N38O2. The molecule has 40 heteroatoms. The maximum atomic E-state index is 9.43. The third-order valence-corrected chi connectivity index (χ3v) is 21.9. The number of nitrogens with two attached hydrogens (primary N) is 3. The Morgan fingerprint density at radius 2 is 0.784 bits per heavy atom. The Hall–Kier alpha value is -11.1. The van der Waals surface area contributed by atoms with Crippen molar-refractivity contribution in [3.05, 3.63) is 57.1 Å². The van der Waals surface area contributed by atoms with E-state index >= 15 is 0 Å². The van der Waals surface area contributed by atoms with Crippen LogP contribution in [0.1, 0.15) is 324 Å². The summed E-state index contributed by atoms with van der Waals surface area (Å²) < 4.78 is 10.7. The number of hydrogen-bond donors (Lipinski definition) is 8. The van der Waals surface area contributed by atoms with Crippen molar-refractivity contribution in [3.63, 3.8) is 0 Å². The standard InChI is InChI=1S/C16H28N4O2.C14H20N4.C14H24N4.2C12H22N6.C10H16N4.C8H20N6.C8H12N4/c1-13(2,21-8)10-15(5,12-17)19-20-16(6,18-7)11-14(3,4)22-9;1-16-14(10-6-3-7-11-14)18-17-13(12-15)8-4-2-5-9-13;1-11(2)8-13(5,10-15)17-18-14(6,16-7)9-12(3)4;2*1-11(2,9-13-5-6-14-9)17-18-12(3,4)10-15-7-8-16-10;1-6-9(3,8-11)13-14-10(4,7-2)12-5;1-7(2,5(9)10)13-14-8(3,4)6(11)12;1-7(2,6-9)11-12-8(3,4)10-5/h10-11H2,1-6,8-9H3;2-11H2;11-12H,8-9H2,1-6H3;2*5-8H2,1-4H3,(H,13,14)(H,15,16);6-7H2,1-4H3;5H,9-10H2,1-4H3,(H3,11,12);1-4H3. The summed E-state index contributed by atoms with van der Waals surface area (Å²) in [5, 5.41) is 132. The second-order valence-electron chi connectivity index (χ2n) is 41.6. The van der Waals surface area contributed by atoms with E-state index in [0.717, 1.165) is 127 Å². The van der Waals surface area contributed by atoms with Gasteiger partial charge in [-0.2, -0.15) is 82.6 Å². The van der Waals surface area contributed by atoms with Gasteiger partial charge in [-0.05, 0) is 209 Å². The lowest BCUT2D eigenvalue weighted by Gasteiger charge is -2.29. The topological polar surface area (TPSA) is 556 Å². The Morgan fingerprint density at radius 3 is 1.08 bits per heavy atom. The van der Waals surface area contributed by atoms with Crippen LogP contribution in [0.2, 0.25) is 0 Å². The lowest BCUT2D eigenvalue weighted by molar-refractivity contribution is 0.0000356. The van der Waals surface area contributed by atoms with Crippen molar-refractivity contribution < 1.29 is 9.47 Å². The van der Waals surface area contributed by atoms with Crippen LogP contribution in [-0.4, -0.2) is 202 Å². The minimum Gasteiger partial charge on any atom is -0.386 e. The van der Waals surface area contributed by atoms with Crippen LogP contribution in [0.4, 0.5) is 0 Å². The third kappa shape index (κ3) is 46.7. The van der Waals surface area contributed by atoms with Crippen molar-refractivity contribution in [1.82, 2.24) is 21.3 Å². The summed E-state index contributed by atoms with van der Waals surface area (Å²) in [5.74, 6) is 4.39. The summed E-state index contributed by atoms with van der Waals surface area (Å²) in [6.45, 7) is 102. The zero-order chi connectivity index (χ0) is 104. The molecule has 0 spiro atoms. The SMILES string of the molecule is CC(C)(N=NC(C)(C)C(N)N)C(=N)N.CC(C)(N=NC(C)(C)C1=NCCN1)C1=NCCN1.CC(C)(N=NC(C)(C)C1=NCCN1)C1=NCCN1.[C-]#[N+]C(C)(C)N=NC(C)(C)C#N.[C-]#[N+]C(C)(CC(C)(C)OC)N=NC(C)(C#N)CC(C)(C)OC.[C-]#[N+]C(C)(CC(C)C)N=NC(C)(C#N)CC(C)C.[C-]#[N+]C(C)(CC)N=NC(C)(C#N)CC.[C-]#[N+]C1(N=NC2(C#N)CCCCC2)CCCCC1. The number of nitrogens with one attached hydrogen (secondary N) is 5. The van der Waals surface area contributed by atoms with Crippen molar-refractivity contribution in [2.75, 3.05) is 66.6 Å². The number of amidine groups is 5. The van der Waals surface area contributed by atoms with Gasteiger partial charge in [-0.3, -0.25) is 49.6 Å². The first-order chi connectivity index (χ1) is 61.5. The van der Waals surface area contributed by atoms with Crippen molar-refractivity contribution in [2.45, 2.75) is 431 Å². The summed E-state index contributed by atoms with van der Waals surface area (Å²) >= 11 is 0. The summed E-state index contributed by atoms with van der Waals surface area (Å²) in [4.78, 5) is 35.1. The van der Waals surface area contributed by atoms with E-state index < -0.39 is 107 Å². The van der Waals surface area contributed by atoms with E-state index in [1.807, 2.05) is 117 Å². The van der Waals surface area contributed by atoms with Gasteiger partial charge in [0.15, 0.2) is 27.7 Å². The molecule has 6 aliphatic rings. The number of aliphatic imine (C=N–C) groups is 4. The van der Waals surface area contributed by atoms with E-state index in [9.17, 15) is 15.8 Å². The largest absolute Gasteiger partial charge is 0.386 e. The average Bonchev–Trinajstić information content (AvgIpc) is 1.30. The Labute approximate surface area is 803 Å². The fourth-order valence-corrected chi connectivity index (χ4v) is 12.3. The van der Waals surface area contributed by atoms with E-state index in [-0.39, 0.29) is 5.84 Å². The minimum atomic E-state index is -1.06. The van der Waals surface area contributed by atoms with Gasteiger partial charge in [0.25, 0.3) is 0 Å². The molecule has 0 radical (unpaired) electrons. The van der Waals surface area contributed by atoms with E-state index in [1.165, 1.54) is 12.8 Å². The maximum Gasteiger partial charge on any atom is 0.340 e. The molecule has 4 aliphatic heterocycles. The van der Waals surface area contributed by atoms with E-state index in [0.29, 0.717) is 50.4 Å². The van der Waals surface area contributed by atoms with Crippen LogP contribution in [0, 0.1) is 107 Å². The van der Waals surface area contributed by atoms with Gasteiger partial charge in [0.1, 0.15) is 62.4 Å². The predicted octanol–water partition coefficient (Wildman–Crippen LogP) is 20.4. The van der Waals surface area contributed by atoms with Crippen LogP contribution in [0.25, 0.3) is 24.2 Å². The zero-order valence-corrected chi connectivity index (χ0v) is 87.7. The molecule has 134 heavy (non-hydrogen) atoms. The molecule has 2 fully saturated rings. The van der Waals surface area contributed by atoms with Crippen LogP contribution >= 0.6 is 0 Å². The monoisotopic (exact) mass is 1860 g/mol. The number of methoxy groups -OCH3 is 2. The minimum absolute atomic E-state index is 0.0392. The van der Waals surface area contributed by atoms with Gasteiger partial charge < -0.3 is 47.9 Å². The first kappa shape index (κ1) is 125. The number of rotatable bonds is 34. The molecule has 0 aromatic rings. The highest BCUT2D eigenvalue weighted by atomic mass is 16.5. The van der Waals surface area contributed by atoms with Crippen molar-refractivity contribution in [3.8, 4) is 30.3 Å². The molecule has 40 nitrogen and oxygen atoms in total. The van der Waals surface area contributed by atoms with Gasteiger partial charge in [-0.1, -0.05) is 54.4 Å². The van der Waals surface area contributed by atoms with Gasteiger partial charge in [-0.25, -0.2) is 32.9 Å². The summed E-state index contributed by atoms with van der Waals surface area (Å²) in [6.07, 6.45) is 12.5. The Morgan fingerprint density at radius 1 is 0.425 bits per heavy atom. The number of nitrogens with zero attached hydrogens (tertiary/aromatic N) is 30. The second-order valence-corrected chi connectivity index (χ2v) is 41.6.